The van der Waals surface area contributed by atoms with Gasteiger partial charge in [0.05, 0.1) is 11.3 Å². The summed E-state index contributed by atoms with van der Waals surface area (Å²) in [5.74, 6) is -0.00253. The van der Waals surface area contributed by atoms with Gasteiger partial charge in [-0.05, 0) is 43.0 Å². The molecule has 1 aliphatic carbocycles. The molecule has 142 valence electrons. The molecule has 2 aromatic rings. The molecule has 1 aliphatic rings. The van der Waals surface area contributed by atoms with Gasteiger partial charge in [-0.3, -0.25) is 9.59 Å². The van der Waals surface area contributed by atoms with Crippen LogP contribution in [0.25, 0.3) is 0 Å². The van der Waals surface area contributed by atoms with Gasteiger partial charge in [-0.25, -0.2) is 0 Å². The fraction of sp³-hybridized carbons (Fsp3) is 0.364. The second-order valence-corrected chi connectivity index (χ2v) is 7.08. The van der Waals surface area contributed by atoms with Gasteiger partial charge in [0, 0.05) is 18.2 Å². The number of carbonyl (C=O) groups excluding carboxylic acids is 2. The summed E-state index contributed by atoms with van der Waals surface area (Å²) in [6.45, 7) is 0.426. The quantitative estimate of drug-likeness (QED) is 0.731. The van der Waals surface area contributed by atoms with Crippen LogP contribution in [-0.2, 0) is 0 Å². The van der Waals surface area contributed by atoms with Crippen LogP contribution in [-0.4, -0.2) is 24.4 Å². The summed E-state index contributed by atoms with van der Waals surface area (Å²) in [7, 11) is 0. The molecule has 1 unspecified atom stereocenters. The Balaban J connectivity index is 1.72. The lowest BCUT2D eigenvalue weighted by atomic mass is 9.84. The molecular weight excluding hydrogens is 338 g/mol. The molecule has 4 N–H and O–H groups in total. The highest BCUT2D eigenvalue weighted by atomic mass is 16.2. The zero-order valence-corrected chi connectivity index (χ0v) is 15.5. The Kier molecular flexibility index (Phi) is 6.60. The van der Waals surface area contributed by atoms with Gasteiger partial charge in [0.25, 0.3) is 11.8 Å². The molecule has 5 heteroatoms. The van der Waals surface area contributed by atoms with Crippen molar-refractivity contribution in [3.8, 4) is 0 Å². The standard InChI is InChI=1S/C22H27N3O2/c23-15-20(16-9-3-1-4-10-16)25-22(27)18-13-7-8-14-19(18)24-21(26)17-11-5-2-6-12-17/h2,5-8,11-14,16,20H,1,3-4,9-10,15,23H2,(H,24,26)(H,25,27). The highest BCUT2D eigenvalue weighted by molar-refractivity contribution is 6.09. The molecule has 2 aromatic carbocycles. The lowest BCUT2D eigenvalue weighted by Gasteiger charge is -2.30. The molecular formula is C22H27N3O2. The minimum Gasteiger partial charge on any atom is -0.348 e. The molecule has 3 rings (SSSR count). The number of nitrogens with two attached hydrogens (primary N) is 1. The smallest absolute Gasteiger partial charge is 0.255 e. The molecule has 1 fully saturated rings. The highest BCUT2D eigenvalue weighted by Crippen LogP contribution is 2.26. The molecule has 0 saturated heterocycles. The first-order valence-electron chi connectivity index (χ1n) is 9.65. The Labute approximate surface area is 160 Å². The number of rotatable bonds is 6. The van der Waals surface area contributed by atoms with Gasteiger partial charge in [-0.1, -0.05) is 49.6 Å². The van der Waals surface area contributed by atoms with Gasteiger partial charge in [0.2, 0.25) is 0 Å². The van der Waals surface area contributed by atoms with E-state index in [2.05, 4.69) is 10.6 Å². The Morgan fingerprint density at radius 1 is 0.926 bits per heavy atom. The second kappa shape index (κ2) is 9.33. The molecule has 5 nitrogen and oxygen atoms in total. The molecule has 0 radical (unpaired) electrons. The second-order valence-electron chi connectivity index (χ2n) is 7.08. The van der Waals surface area contributed by atoms with E-state index >= 15 is 0 Å². The monoisotopic (exact) mass is 365 g/mol. The summed E-state index contributed by atoms with van der Waals surface area (Å²) in [5.41, 5.74) is 7.45. The summed E-state index contributed by atoms with van der Waals surface area (Å²) in [4.78, 5) is 25.3. The van der Waals surface area contributed by atoms with Crippen LogP contribution in [0.4, 0.5) is 5.69 Å². The fourth-order valence-electron chi connectivity index (χ4n) is 3.73. The summed E-state index contributed by atoms with van der Waals surface area (Å²) in [6.07, 6.45) is 5.86. The minimum atomic E-state index is -0.237. The predicted octanol–water partition coefficient (Wildman–Crippen LogP) is 3.58. The van der Waals surface area contributed by atoms with Gasteiger partial charge in [0.15, 0.2) is 0 Å². The van der Waals surface area contributed by atoms with E-state index in [4.69, 9.17) is 5.73 Å². The molecule has 1 saturated carbocycles. The average molecular weight is 365 g/mol. The van der Waals surface area contributed by atoms with Crippen LogP contribution in [0.3, 0.4) is 0 Å². The third kappa shape index (κ3) is 4.95. The molecule has 0 bridgehead atoms. The lowest BCUT2D eigenvalue weighted by Crippen LogP contribution is -2.46. The number of carbonyl (C=O) groups is 2. The normalized spacial score (nSPS) is 15.7. The van der Waals surface area contributed by atoms with E-state index in [1.54, 1.807) is 36.4 Å². The minimum absolute atomic E-state index is 0.0318. The zero-order chi connectivity index (χ0) is 19.1. The van der Waals surface area contributed by atoms with Gasteiger partial charge < -0.3 is 16.4 Å². The number of hydrogen-bond donors (Lipinski definition) is 3. The summed E-state index contributed by atoms with van der Waals surface area (Å²) in [6, 6.07) is 16.0. The topological polar surface area (TPSA) is 84.2 Å². The van der Waals surface area contributed by atoms with Gasteiger partial charge in [-0.15, -0.1) is 0 Å². The van der Waals surface area contributed by atoms with Crippen LogP contribution < -0.4 is 16.4 Å². The van der Waals surface area contributed by atoms with E-state index in [1.165, 1.54) is 19.3 Å². The van der Waals surface area contributed by atoms with Crippen molar-refractivity contribution in [1.82, 2.24) is 5.32 Å². The number of hydrogen-bond acceptors (Lipinski definition) is 3. The third-order valence-corrected chi connectivity index (χ3v) is 5.25. The first-order chi connectivity index (χ1) is 13.2. The van der Waals surface area contributed by atoms with Crippen LogP contribution in [0, 0.1) is 5.92 Å². The van der Waals surface area contributed by atoms with Crippen molar-refractivity contribution >= 4 is 17.5 Å². The van der Waals surface area contributed by atoms with Crippen molar-refractivity contribution in [2.75, 3.05) is 11.9 Å². The molecule has 0 aromatic heterocycles. The molecule has 0 aliphatic heterocycles. The van der Waals surface area contributed by atoms with Crippen molar-refractivity contribution in [3.05, 3.63) is 65.7 Å². The maximum atomic E-state index is 12.9. The van der Waals surface area contributed by atoms with Crippen LogP contribution in [0.1, 0.15) is 52.8 Å². The maximum Gasteiger partial charge on any atom is 0.255 e. The van der Waals surface area contributed by atoms with Crippen molar-refractivity contribution < 1.29 is 9.59 Å². The van der Waals surface area contributed by atoms with Crippen LogP contribution in [0.5, 0.6) is 0 Å². The Hall–Kier alpha value is -2.66. The van der Waals surface area contributed by atoms with Crippen molar-refractivity contribution in [2.45, 2.75) is 38.1 Å². The average Bonchev–Trinajstić information content (AvgIpc) is 2.73. The van der Waals surface area contributed by atoms with E-state index in [-0.39, 0.29) is 17.9 Å². The van der Waals surface area contributed by atoms with Crippen molar-refractivity contribution in [3.63, 3.8) is 0 Å². The highest BCUT2D eigenvalue weighted by Gasteiger charge is 2.25. The molecule has 1 atom stereocenters. The first-order valence-corrected chi connectivity index (χ1v) is 9.65. The Bertz CT molecular complexity index is 770. The molecule has 0 spiro atoms. The number of anilines is 1. The SMILES string of the molecule is NCC(NC(=O)c1ccccc1NC(=O)c1ccccc1)C1CCCCC1. The molecule has 2 amide bonds. The van der Waals surface area contributed by atoms with Crippen molar-refractivity contribution in [2.24, 2.45) is 11.7 Å². The fourth-order valence-corrected chi connectivity index (χ4v) is 3.73. The summed E-state index contributed by atoms with van der Waals surface area (Å²) >= 11 is 0. The Morgan fingerprint density at radius 3 is 2.30 bits per heavy atom. The number of para-hydroxylation sites is 1. The first kappa shape index (κ1) is 19.1. The predicted molar refractivity (Wildman–Crippen MR) is 108 cm³/mol. The number of benzene rings is 2. The van der Waals surface area contributed by atoms with Crippen LogP contribution in [0.2, 0.25) is 0 Å². The van der Waals surface area contributed by atoms with E-state index in [1.807, 2.05) is 18.2 Å². The summed E-state index contributed by atoms with van der Waals surface area (Å²) < 4.78 is 0. The van der Waals surface area contributed by atoms with Gasteiger partial charge in [-0.2, -0.15) is 0 Å². The van der Waals surface area contributed by atoms with E-state index in [0.717, 1.165) is 12.8 Å². The van der Waals surface area contributed by atoms with Gasteiger partial charge >= 0.3 is 0 Å². The number of amides is 2. The van der Waals surface area contributed by atoms with Gasteiger partial charge in [0.1, 0.15) is 0 Å². The van der Waals surface area contributed by atoms with Crippen LogP contribution >= 0.6 is 0 Å². The Morgan fingerprint density at radius 2 is 1.59 bits per heavy atom. The summed E-state index contributed by atoms with van der Waals surface area (Å²) in [5, 5.41) is 5.94. The van der Waals surface area contributed by atoms with E-state index in [0.29, 0.717) is 29.3 Å². The zero-order valence-electron chi connectivity index (χ0n) is 15.5. The molecule has 27 heavy (non-hydrogen) atoms. The van der Waals surface area contributed by atoms with Crippen LogP contribution in [0.15, 0.2) is 54.6 Å². The van der Waals surface area contributed by atoms with E-state index < -0.39 is 0 Å². The van der Waals surface area contributed by atoms with Crippen molar-refractivity contribution in [1.29, 1.82) is 0 Å². The third-order valence-electron chi connectivity index (χ3n) is 5.25. The molecule has 0 heterocycles. The van der Waals surface area contributed by atoms with E-state index in [9.17, 15) is 9.59 Å². The number of nitrogens with one attached hydrogen (secondary N) is 2. The maximum absolute atomic E-state index is 12.9. The lowest BCUT2D eigenvalue weighted by molar-refractivity contribution is 0.0916. The largest absolute Gasteiger partial charge is 0.348 e.